The molecule has 5 nitrogen and oxygen atoms in total. The van der Waals surface area contributed by atoms with Gasteiger partial charge in [0.25, 0.3) is 0 Å². The van der Waals surface area contributed by atoms with Crippen molar-refractivity contribution in [3.63, 3.8) is 0 Å². The second-order valence-electron chi connectivity index (χ2n) is 6.13. The molecule has 1 heterocycles. The molecule has 2 amide bonds. The second kappa shape index (κ2) is 7.99. The summed E-state index contributed by atoms with van der Waals surface area (Å²) in [4.78, 5) is 25.6. The Hall–Kier alpha value is -2.04. The molecule has 2 rings (SSSR count). The minimum atomic E-state index is -0.257. The molecule has 0 bridgehead atoms. The van der Waals surface area contributed by atoms with Gasteiger partial charge in [-0.25, -0.2) is 4.79 Å². The van der Waals surface area contributed by atoms with E-state index in [1.54, 1.807) is 11.8 Å². The zero-order valence-corrected chi connectivity index (χ0v) is 14.2. The summed E-state index contributed by atoms with van der Waals surface area (Å²) < 4.78 is 5.00. The molecule has 23 heavy (non-hydrogen) atoms. The number of carbonyl (C=O) groups is 2. The molecule has 5 heteroatoms. The molecule has 1 fully saturated rings. The van der Waals surface area contributed by atoms with Crippen molar-refractivity contribution in [2.24, 2.45) is 0 Å². The minimum absolute atomic E-state index is 0.0493. The highest BCUT2D eigenvalue weighted by atomic mass is 16.6. The lowest BCUT2D eigenvalue weighted by molar-refractivity contribution is -0.121. The zero-order valence-electron chi connectivity index (χ0n) is 14.2. The first-order valence-corrected chi connectivity index (χ1v) is 8.26. The Kier molecular flexibility index (Phi) is 6.02. The molecule has 0 spiro atoms. The number of hydrogen-bond acceptors (Lipinski definition) is 3. The third kappa shape index (κ3) is 4.98. The molecular formula is C18H26N2O3. The Morgan fingerprint density at radius 3 is 2.61 bits per heavy atom. The van der Waals surface area contributed by atoms with E-state index >= 15 is 0 Å². The molecule has 1 aliphatic heterocycles. The van der Waals surface area contributed by atoms with E-state index in [4.69, 9.17) is 4.74 Å². The minimum Gasteiger partial charge on any atom is -0.450 e. The SMILES string of the molecule is CCOC(=O)N1CCC(NC(=O)Cc2cc(C)ccc2C)CC1. The molecule has 0 aliphatic carbocycles. The average molecular weight is 318 g/mol. The van der Waals surface area contributed by atoms with Crippen LogP contribution >= 0.6 is 0 Å². The van der Waals surface area contributed by atoms with E-state index in [0.29, 0.717) is 26.1 Å². The Labute approximate surface area is 138 Å². The molecule has 1 aromatic carbocycles. The summed E-state index contributed by atoms with van der Waals surface area (Å²) in [6, 6.07) is 6.31. The lowest BCUT2D eigenvalue weighted by Gasteiger charge is -2.31. The van der Waals surface area contributed by atoms with Crippen molar-refractivity contribution >= 4 is 12.0 Å². The van der Waals surface area contributed by atoms with Crippen LogP contribution in [0.2, 0.25) is 0 Å². The summed E-state index contributed by atoms with van der Waals surface area (Å²) in [5.74, 6) is 0.0493. The summed E-state index contributed by atoms with van der Waals surface area (Å²) >= 11 is 0. The Bertz CT molecular complexity index is 563. The van der Waals surface area contributed by atoms with Crippen molar-refractivity contribution in [3.8, 4) is 0 Å². The molecule has 0 aromatic heterocycles. The highest BCUT2D eigenvalue weighted by Gasteiger charge is 2.24. The molecule has 0 radical (unpaired) electrons. The van der Waals surface area contributed by atoms with Gasteiger partial charge in [0.05, 0.1) is 13.0 Å². The topological polar surface area (TPSA) is 58.6 Å². The Morgan fingerprint density at radius 2 is 1.96 bits per heavy atom. The van der Waals surface area contributed by atoms with Gasteiger partial charge in [-0.05, 0) is 44.7 Å². The zero-order chi connectivity index (χ0) is 16.8. The van der Waals surface area contributed by atoms with E-state index < -0.39 is 0 Å². The predicted octanol–water partition coefficient (Wildman–Crippen LogP) is 2.58. The van der Waals surface area contributed by atoms with Crippen LogP contribution in [0.1, 0.15) is 36.5 Å². The number of nitrogens with zero attached hydrogens (tertiary/aromatic N) is 1. The van der Waals surface area contributed by atoms with Crippen molar-refractivity contribution in [1.29, 1.82) is 0 Å². The molecule has 1 saturated heterocycles. The van der Waals surface area contributed by atoms with E-state index in [2.05, 4.69) is 23.5 Å². The van der Waals surface area contributed by atoms with Crippen molar-refractivity contribution < 1.29 is 14.3 Å². The molecular weight excluding hydrogens is 292 g/mol. The molecule has 1 aromatic rings. The van der Waals surface area contributed by atoms with E-state index in [0.717, 1.165) is 24.0 Å². The fourth-order valence-corrected chi connectivity index (χ4v) is 2.86. The summed E-state index contributed by atoms with van der Waals surface area (Å²) in [6.45, 7) is 7.52. The third-order valence-electron chi connectivity index (χ3n) is 4.24. The molecule has 1 N–H and O–H groups in total. The van der Waals surface area contributed by atoms with Crippen molar-refractivity contribution in [1.82, 2.24) is 10.2 Å². The van der Waals surface area contributed by atoms with Crippen molar-refractivity contribution in [3.05, 3.63) is 34.9 Å². The molecule has 0 atom stereocenters. The fourth-order valence-electron chi connectivity index (χ4n) is 2.86. The number of carbonyl (C=O) groups excluding carboxylic acids is 2. The van der Waals surface area contributed by atoms with Crippen LogP contribution in [-0.4, -0.2) is 42.6 Å². The summed E-state index contributed by atoms with van der Waals surface area (Å²) in [7, 11) is 0. The van der Waals surface area contributed by atoms with Crippen LogP contribution in [0.15, 0.2) is 18.2 Å². The summed E-state index contributed by atoms with van der Waals surface area (Å²) in [5.41, 5.74) is 3.38. The van der Waals surface area contributed by atoms with Crippen LogP contribution in [0.3, 0.4) is 0 Å². The standard InChI is InChI=1S/C18H26N2O3/c1-4-23-18(22)20-9-7-16(8-10-20)19-17(21)12-15-11-13(2)5-6-14(15)3/h5-6,11,16H,4,7-10,12H2,1-3H3,(H,19,21). The first-order valence-electron chi connectivity index (χ1n) is 8.26. The number of benzene rings is 1. The summed E-state index contributed by atoms with van der Waals surface area (Å²) in [6.07, 6.45) is 1.70. The Balaban J connectivity index is 1.81. The number of amides is 2. The van der Waals surface area contributed by atoms with Gasteiger partial charge >= 0.3 is 6.09 Å². The highest BCUT2D eigenvalue weighted by molar-refractivity contribution is 5.79. The largest absolute Gasteiger partial charge is 0.450 e. The maximum atomic E-state index is 12.2. The first-order chi connectivity index (χ1) is 11.0. The Morgan fingerprint density at radius 1 is 1.26 bits per heavy atom. The fraction of sp³-hybridized carbons (Fsp3) is 0.556. The smallest absolute Gasteiger partial charge is 0.409 e. The van der Waals surface area contributed by atoms with Crippen LogP contribution in [0.5, 0.6) is 0 Å². The van der Waals surface area contributed by atoms with Gasteiger partial charge in [0, 0.05) is 19.1 Å². The van der Waals surface area contributed by atoms with E-state index in [1.165, 1.54) is 5.56 Å². The first kappa shape index (κ1) is 17.3. The van der Waals surface area contributed by atoms with Gasteiger partial charge in [0.15, 0.2) is 0 Å². The van der Waals surface area contributed by atoms with Gasteiger partial charge in [-0.3, -0.25) is 4.79 Å². The highest BCUT2D eigenvalue weighted by Crippen LogP contribution is 2.14. The normalized spacial score (nSPS) is 15.3. The lowest BCUT2D eigenvalue weighted by Crippen LogP contribution is -2.47. The number of nitrogens with one attached hydrogen (secondary N) is 1. The van der Waals surface area contributed by atoms with Crippen LogP contribution < -0.4 is 5.32 Å². The maximum absolute atomic E-state index is 12.2. The van der Waals surface area contributed by atoms with E-state index in [-0.39, 0.29) is 18.0 Å². The molecule has 0 saturated carbocycles. The van der Waals surface area contributed by atoms with Crippen LogP contribution in [0.4, 0.5) is 4.79 Å². The number of ether oxygens (including phenoxy) is 1. The van der Waals surface area contributed by atoms with Gasteiger partial charge in [-0.2, -0.15) is 0 Å². The molecule has 126 valence electrons. The van der Waals surface area contributed by atoms with E-state index in [1.807, 2.05) is 13.8 Å². The molecule has 0 unspecified atom stereocenters. The van der Waals surface area contributed by atoms with Gasteiger partial charge in [-0.15, -0.1) is 0 Å². The number of piperidine rings is 1. The number of likely N-dealkylation sites (tertiary alicyclic amines) is 1. The molecule has 1 aliphatic rings. The monoisotopic (exact) mass is 318 g/mol. The number of aryl methyl sites for hydroxylation is 2. The number of hydrogen-bond donors (Lipinski definition) is 1. The van der Waals surface area contributed by atoms with E-state index in [9.17, 15) is 9.59 Å². The van der Waals surface area contributed by atoms with Crippen LogP contribution in [0, 0.1) is 13.8 Å². The number of rotatable bonds is 4. The average Bonchev–Trinajstić information content (AvgIpc) is 2.52. The van der Waals surface area contributed by atoms with Crippen LogP contribution in [0.25, 0.3) is 0 Å². The second-order valence-corrected chi connectivity index (χ2v) is 6.13. The lowest BCUT2D eigenvalue weighted by atomic mass is 10.0. The maximum Gasteiger partial charge on any atom is 0.409 e. The van der Waals surface area contributed by atoms with Crippen molar-refractivity contribution in [2.45, 2.75) is 46.1 Å². The van der Waals surface area contributed by atoms with Crippen LogP contribution in [-0.2, 0) is 16.0 Å². The van der Waals surface area contributed by atoms with Gasteiger partial charge in [0.2, 0.25) is 5.91 Å². The van der Waals surface area contributed by atoms with Gasteiger partial charge in [-0.1, -0.05) is 23.8 Å². The predicted molar refractivity (Wildman–Crippen MR) is 89.4 cm³/mol. The van der Waals surface area contributed by atoms with Gasteiger partial charge < -0.3 is 15.0 Å². The third-order valence-corrected chi connectivity index (χ3v) is 4.24. The van der Waals surface area contributed by atoms with Gasteiger partial charge in [0.1, 0.15) is 0 Å². The summed E-state index contributed by atoms with van der Waals surface area (Å²) in [5, 5.41) is 3.09. The quantitative estimate of drug-likeness (QED) is 0.928. The van der Waals surface area contributed by atoms with Crippen molar-refractivity contribution in [2.75, 3.05) is 19.7 Å².